The number of ether oxygens (including phenoxy) is 2. The molecule has 0 atom stereocenters. The van der Waals surface area contributed by atoms with Crippen molar-refractivity contribution >= 4 is 46.7 Å². The van der Waals surface area contributed by atoms with Crippen LogP contribution >= 0.6 is 35.1 Å². The lowest BCUT2D eigenvalue weighted by atomic mass is 10.2. The molecule has 0 unspecified atom stereocenters. The molecule has 0 bridgehead atoms. The lowest BCUT2D eigenvalue weighted by Crippen LogP contribution is -2.18. The van der Waals surface area contributed by atoms with Crippen molar-refractivity contribution in [2.75, 3.05) is 25.3 Å². The van der Waals surface area contributed by atoms with Gasteiger partial charge in [0, 0.05) is 29.2 Å². The predicted octanol–water partition coefficient (Wildman–Crippen LogP) is 2.92. The molecular formula is C16H16ClN3O4S2. The lowest BCUT2D eigenvalue weighted by molar-refractivity contribution is -0.113. The number of amides is 1. The van der Waals surface area contributed by atoms with Crippen LogP contribution in [0.1, 0.15) is 11.3 Å². The number of H-pyrrole nitrogens is 1. The number of nitrogens with one attached hydrogen (secondary N) is 2. The summed E-state index contributed by atoms with van der Waals surface area (Å²) in [6, 6.07) is 3.16. The highest BCUT2D eigenvalue weighted by atomic mass is 35.5. The average molecular weight is 414 g/mol. The van der Waals surface area contributed by atoms with Gasteiger partial charge < -0.3 is 19.8 Å². The Hall–Kier alpha value is -1.84. The van der Waals surface area contributed by atoms with Crippen LogP contribution in [0.2, 0.25) is 5.02 Å². The number of methoxy groups -OCH3 is 2. The summed E-state index contributed by atoms with van der Waals surface area (Å²) in [5.74, 6) is 2.08. The highest BCUT2D eigenvalue weighted by Crippen LogP contribution is 2.36. The number of hydrogen-bond acceptors (Lipinski definition) is 7. The topological polar surface area (TPSA) is 93.3 Å². The third-order valence-electron chi connectivity index (χ3n) is 3.65. The maximum atomic E-state index is 12.3. The van der Waals surface area contributed by atoms with Crippen LogP contribution in [0.5, 0.6) is 11.5 Å². The molecule has 0 saturated heterocycles. The average Bonchev–Trinajstić information content (AvgIpc) is 3.10. The van der Waals surface area contributed by atoms with E-state index in [1.807, 2.05) is 0 Å². The number of hydrogen-bond donors (Lipinski definition) is 2. The van der Waals surface area contributed by atoms with Crippen LogP contribution < -0.4 is 20.3 Å². The molecule has 2 N–H and O–H groups in total. The third kappa shape index (κ3) is 4.11. The molecule has 1 aliphatic heterocycles. The van der Waals surface area contributed by atoms with Crippen molar-refractivity contribution < 1.29 is 14.3 Å². The van der Waals surface area contributed by atoms with Crippen LogP contribution in [0.4, 0.5) is 5.69 Å². The summed E-state index contributed by atoms with van der Waals surface area (Å²) in [5, 5.41) is 3.57. The van der Waals surface area contributed by atoms with Crippen molar-refractivity contribution in [2.24, 2.45) is 0 Å². The second-order valence-corrected chi connectivity index (χ2v) is 7.67. The largest absolute Gasteiger partial charge is 0.495 e. The Labute approximate surface area is 163 Å². The van der Waals surface area contributed by atoms with Gasteiger partial charge in [-0.25, -0.2) is 4.98 Å². The van der Waals surface area contributed by atoms with E-state index < -0.39 is 0 Å². The van der Waals surface area contributed by atoms with E-state index in [0.717, 1.165) is 17.0 Å². The zero-order valence-corrected chi connectivity index (χ0v) is 16.4. The number of nitrogens with zero attached hydrogens (tertiary/aromatic N) is 1. The number of thioether (sulfide) groups is 2. The van der Waals surface area contributed by atoms with Gasteiger partial charge in [-0.15, -0.1) is 0 Å². The van der Waals surface area contributed by atoms with Gasteiger partial charge in [-0.1, -0.05) is 23.4 Å². The number of halogens is 1. The smallest absolute Gasteiger partial charge is 0.255 e. The monoisotopic (exact) mass is 413 g/mol. The summed E-state index contributed by atoms with van der Waals surface area (Å²) in [6.45, 7) is 0. The van der Waals surface area contributed by atoms with Crippen LogP contribution in [0, 0.1) is 0 Å². The number of carbonyl (C=O) groups is 1. The van der Waals surface area contributed by atoms with Gasteiger partial charge in [-0.2, -0.15) is 11.8 Å². The molecule has 2 aromatic rings. The first-order valence-electron chi connectivity index (χ1n) is 7.55. The van der Waals surface area contributed by atoms with Crippen molar-refractivity contribution in [3.63, 3.8) is 0 Å². The summed E-state index contributed by atoms with van der Waals surface area (Å²) in [7, 11) is 2.98. The minimum Gasteiger partial charge on any atom is -0.495 e. The van der Waals surface area contributed by atoms with E-state index in [0.29, 0.717) is 33.1 Å². The quantitative estimate of drug-likeness (QED) is 0.555. The molecule has 3 rings (SSSR count). The van der Waals surface area contributed by atoms with E-state index in [9.17, 15) is 9.59 Å². The molecular weight excluding hydrogens is 398 g/mol. The molecule has 0 radical (unpaired) electrons. The summed E-state index contributed by atoms with van der Waals surface area (Å²) in [5.41, 5.74) is 1.84. The number of aromatic amines is 1. The van der Waals surface area contributed by atoms with Crippen LogP contribution in [-0.2, 0) is 16.3 Å². The fourth-order valence-corrected chi connectivity index (χ4v) is 4.33. The first kappa shape index (κ1) is 18.9. The molecule has 1 aromatic heterocycles. The summed E-state index contributed by atoms with van der Waals surface area (Å²) in [6.07, 6.45) is 0. The van der Waals surface area contributed by atoms with Gasteiger partial charge in [0.1, 0.15) is 11.5 Å². The normalized spacial score (nSPS) is 12.6. The van der Waals surface area contributed by atoms with Crippen LogP contribution in [0.25, 0.3) is 0 Å². The molecule has 0 saturated carbocycles. The number of rotatable bonds is 6. The first-order chi connectivity index (χ1) is 12.5. The maximum Gasteiger partial charge on any atom is 0.255 e. The van der Waals surface area contributed by atoms with Gasteiger partial charge in [-0.05, 0) is 0 Å². The number of benzene rings is 1. The van der Waals surface area contributed by atoms with Gasteiger partial charge >= 0.3 is 0 Å². The summed E-state index contributed by atoms with van der Waals surface area (Å²) >= 11 is 8.88. The molecule has 26 heavy (non-hydrogen) atoms. The third-order valence-corrected chi connectivity index (χ3v) is 5.79. The highest BCUT2D eigenvalue weighted by molar-refractivity contribution is 7.99. The molecule has 138 valence electrons. The van der Waals surface area contributed by atoms with Crippen LogP contribution in [0.3, 0.4) is 0 Å². The highest BCUT2D eigenvalue weighted by Gasteiger charge is 2.18. The SMILES string of the molecule is COc1cc(NC(=O)CSc2nc3c(c(=O)[nH]2)CSC3)c(OC)cc1Cl. The second-order valence-electron chi connectivity index (χ2n) is 5.31. The Bertz CT molecular complexity index is 904. The molecule has 0 fully saturated rings. The van der Waals surface area contributed by atoms with Crippen LogP contribution in [-0.4, -0.2) is 35.8 Å². The lowest BCUT2D eigenvalue weighted by Gasteiger charge is -2.13. The number of aromatic nitrogens is 2. The fraction of sp³-hybridized carbons (Fsp3) is 0.312. The van der Waals surface area contributed by atoms with Crippen molar-refractivity contribution in [1.29, 1.82) is 0 Å². The van der Waals surface area contributed by atoms with E-state index in [-0.39, 0.29) is 17.2 Å². The van der Waals surface area contributed by atoms with Crippen LogP contribution in [0.15, 0.2) is 22.1 Å². The first-order valence-corrected chi connectivity index (χ1v) is 10.1. The van der Waals surface area contributed by atoms with E-state index in [1.54, 1.807) is 23.9 Å². The van der Waals surface area contributed by atoms with Crippen molar-refractivity contribution in [3.05, 3.63) is 38.8 Å². The van der Waals surface area contributed by atoms with E-state index in [4.69, 9.17) is 21.1 Å². The molecule has 1 amide bonds. The molecule has 1 aliphatic rings. The van der Waals surface area contributed by atoms with Crippen molar-refractivity contribution in [2.45, 2.75) is 16.7 Å². The Balaban J connectivity index is 1.68. The fourth-order valence-electron chi connectivity index (χ4n) is 2.39. The predicted molar refractivity (Wildman–Crippen MR) is 104 cm³/mol. The van der Waals surface area contributed by atoms with Crippen molar-refractivity contribution in [1.82, 2.24) is 9.97 Å². The standard InChI is InChI=1S/C16H16ClN3O4S2/c1-23-12-4-10(13(24-2)3-9(12)17)18-14(21)7-26-16-19-11-6-25-5-8(11)15(22)20-16/h3-4H,5-7H2,1-2H3,(H,18,21)(H,19,20,22). The molecule has 10 heteroatoms. The van der Waals surface area contributed by atoms with E-state index in [1.165, 1.54) is 26.0 Å². The molecule has 0 spiro atoms. The van der Waals surface area contributed by atoms with E-state index in [2.05, 4.69) is 15.3 Å². The molecule has 7 nitrogen and oxygen atoms in total. The maximum absolute atomic E-state index is 12.3. The summed E-state index contributed by atoms with van der Waals surface area (Å²) in [4.78, 5) is 31.4. The Morgan fingerprint density at radius 3 is 2.85 bits per heavy atom. The minimum absolute atomic E-state index is 0.0863. The molecule has 1 aromatic carbocycles. The second kappa shape index (κ2) is 8.24. The molecule has 0 aliphatic carbocycles. The Morgan fingerprint density at radius 2 is 2.12 bits per heavy atom. The Morgan fingerprint density at radius 1 is 1.35 bits per heavy atom. The minimum atomic E-state index is -0.268. The zero-order valence-electron chi connectivity index (χ0n) is 14.1. The number of carbonyl (C=O) groups excluding carboxylic acids is 1. The molecule has 2 heterocycles. The van der Waals surface area contributed by atoms with Gasteiger partial charge in [-0.3, -0.25) is 9.59 Å². The zero-order chi connectivity index (χ0) is 18.7. The number of fused-ring (bicyclic) bond motifs is 1. The van der Waals surface area contributed by atoms with Gasteiger partial charge in [0.15, 0.2) is 5.16 Å². The van der Waals surface area contributed by atoms with E-state index >= 15 is 0 Å². The van der Waals surface area contributed by atoms with Crippen molar-refractivity contribution in [3.8, 4) is 11.5 Å². The number of anilines is 1. The van der Waals surface area contributed by atoms with Gasteiger partial charge in [0.05, 0.1) is 36.4 Å². The summed E-state index contributed by atoms with van der Waals surface area (Å²) < 4.78 is 10.4. The van der Waals surface area contributed by atoms with Gasteiger partial charge in [0.25, 0.3) is 5.56 Å². The van der Waals surface area contributed by atoms with Gasteiger partial charge in [0.2, 0.25) is 5.91 Å². The Kier molecular flexibility index (Phi) is 6.00.